The molecule has 2 aromatic heterocycles. The SMILES string of the molecule is CCc1cc(=O)oc2c(C)c(OCC(=O)N3Cc4[nH]c5ccccc5c4C[C@H]3C(=O)OC)ccc12. The first-order valence-electron chi connectivity index (χ1n) is 11.6. The number of ether oxygens (including phenoxy) is 2. The molecule has 0 aliphatic carbocycles. The lowest BCUT2D eigenvalue weighted by Gasteiger charge is -2.33. The zero-order valence-electron chi connectivity index (χ0n) is 19.8. The summed E-state index contributed by atoms with van der Waals surface area (Å²) in [6, 6.07) is 12.2. The van der Waals surface area contributed by atoms with Crippen molar-refractivity contribution in [3.63, 3.8) is 0 Å². The molecule has 1 aliphatic rings. The summed E-state index contributed by atoms with van der Waals surface area (Å²) in [4.78, 5) is 42.7. The average Bonchev–Trinajstić information content (AvgIpc) is 3.24. The highest BCUT2D eigenvalue weighted by atomic mass is 16.5. The van der Waals surface area contributed by atoms with Crippen molar-refractivity contribution in [2.45, 2.75) is 39.3 Å². The number of benzene rings is 2. The van der Waals surface area contributed by atoms with Gasteiger partial charge in [0.1, 0.15) is 17.4 Å². The van der Waals surface area contributed by atoms with E-state index in [2.05, 4.69) is 4.98 Å². The molecule has 1 atom stereocenters. The summed E-state index contributed by atoms with van der Waals surface area (Å²) in [5, 5.41) is 1.89. The molecule has 0 saturated heterocycles. The second kappa shape index (κ2) is 8.94. The third kappa shape index (κ3) is 3.95. The van der Waals surface area contributed by atoms with E-state index in [1.807, 2.05) is 37.3 Å². The third-order valence-corrected chi connectivity index (χ3v) is 6.73. The van der Waals surface area contributed by atoms with Crippen LogP contribution < -0.4 is 10.4 Å². The summed E-state index contributed by atoms with van der Waals surface area (Å²) >= 11 is 0. The Bertz CT molecular complexity index is 1520. The van der Waals surface area contributed by atoms with Crippen molar-refractivity contribution in [3.8, 4) is 5.75 Å². The highest BCUT2D eigenvalue weighted by molar-refractivity contribution is 5.90. The topological polar surface area (TPSA) is 102 Å². The van der Waals surface area contributed by atoms with Crippen LogP contribution >= 0.6 is 0 Å². The molecular weight excluding hydrogens is 448 g/mol. The molecule has 1 amide bonds. The largest absolute Gasteiger partial charge is 0.483 e. The molecule has 0 saturated carbocycles. The first kappa shape index (κ1) is 22.7. The number of nitrogens with one attached hydrogen (secondary N) is 1. The van der Waals surface area contributed by atoms with Crippen LogP contribution in [0.5, 0.6) is 5.75 Å². The van der Waals surface area contributed by atoms with E-state index in [-0.39, 0.29) is 19.1 Å². The van der Waals surface area contributed by atoms with E-state index in [0.29, 0.717) is 29.7 Å². The molecular formula is C27H26N2O6. The molecule has 0 fully saturated rings. The summed E-state index contributed by atoms with van der Waals surface area (Å²) in [5.41, 5.74) is 4.45. The minimum atomic E-state index is -0.745. The van der Waals surface area contributed by atoms with Gasteiger partial charge in [-0.25, -0.2) is 9.59 Å². The fourth-order valence-corrected chi connectivity index (χ4v) is 4.90. The number of amides is 1. The van der Waals surface area contributed by atoms with Crippen molar-refractivity contribution >= 4 is 33.7 Å². The zero-order valence-corrected chi connectivity index (χ0v) is 19.8. The molecule has 1 N–H and O–H groups in total. The molecule has 0 spiro atoms. The van der Waals surface area contributed by atoms with Gasteiger partial charge in [0.25, 0.3) is 5.91 Å². The van der Waals surface area contributed by atoms with Crippen LogP contribution in [0.25, 0.3) is 21.9 Å². The molecule has 0 radical (unpaired) electrons. The maximum atomic E-state index is 13.3. The van der Waals surface area contributed by atoms with Crippen LogP contribution in [0.4, 0.5) is 0 Å². The second-order valence-electron chi connectivity index (χ2n) is 8.69. The Morgan fingerprint density at radius 2 is 1.97 bits per heavy atom. The fraction of sp³-hybridized carbons (Fsp3) is 0.296. The lowest BCUT2D eigenvalue weighted by molar-refractivity contribution is -0.154. The van der Waals surface area contributed by atoms with E-state index in [4.69, 9.17) is 13.9 Å². The van der Waals surface area contributed by atoms with E-state index >= 15 is 0 Å². The molecule has 1 aliphatic heterocycles. The number of aryl methyl sites for hydroxylation is 2. The van der Waals surface area contributed by atoms with Gasteiger partial charge < -0.3 is 23.8 Å². The molecule has 4 aromatic rings. The van der Waals surface area contributed by atoms with Crippen molar-refractivity contribution in [3.05, 3.63) is 75.3 Å². The smallest absolute Gasteiger partial charge is 0.336 e. The Morgan fingerprint density at radius 1 is 1.17 bits per heavy atom. The van der Waals surface area contributed by atoms with E-state index < -0.39 is 17.6 Å². The molecule has 180 valence electrons. The Labute approximate surface area is 201 Å². The molecule has 8 heteroatoms. The van der Waals surface area contributed by atoms with Gasteiger partial charge in [0.15, 0.2) is 6.61 Å². The number of carbonyl (C=O) groups is 2. The number of nitrogens with zero attached hydrogens (tertiary/aromatic N) is 1. The van der Waals surface area contributed by atoms with Crippen molar-refractivity contribution in [1.29, 1.82) is 0 Å². The predicted molar refractivity (Wildman–Crippen MR) is 130 cm³/mol. The second-order valence-corrected chi connectivity index (χ2v) is 8.69. The van der Waals surface area contributed by atoms with E-state index in [0.717, 1.165) is 33.1 Å². The molecule has 0 bridgehead atoms. The maximum Gasteiger partial charge on any atom is 0.336 e. The minimum Gasteiger partial charge on any atom is -0.483 e. The number of esters is 1. The molecule has 8 nitrogen and oxygen atoms in total. The van der Waals surface area contributed by atoms with Crippen LogP contribution in [0.2, 0.25) is 0 Å². The summed E-state index contributed by atoms with van der Waals surface area (Å²) in [5.74, 6) is -0.363. The van der Waals surface area contributed by atoms with Gasteiger partial charge >= 0.3 is 11.6 Å². The lowest BCUT2D eigenvalue weighted by Crippen LogP contribution is -2.50. The monoisotopic (exact) mass is 474 g/mol. The number of aromatic amines is 1. The Balaban J connectivity index is 1.41. The quantitative estimate of drug-likeness (QED) is 0.350. The fourth-order valence-electron chi connectivity index (χ4n) is 4.90. The number of hydrogen-bond donors (Lipinski definition) is 1. The number of rotatable bonds is 5. The highest BCUT2D eigenvalue weighted by Gasteiger charge is 2.37. The van der Waals surface area contributed by atoms with Gasteiger partial charge in [-0.2, -0.15) is 0 Å². The van der Waals surface area contributed by atoms with Crippen molar-refractivity contribution < 1.29 is 23.5 Å². The van der Waals surface area contributed by atoms with Gasteiger partial charge in [-0.1, -0.05) is 25.1 Å². The Hall–Kier alpha value is -4.07. The van der Waals surface area contributed by atoms with E-state index in [1.54, 1.807) is 13.0 Å². The highest BCUT2D eigenvalue weighted by Crippen LogP contribution is 2.32. The van der Waals surface area contributed by atoms with Gasteiger partial charge in [0.2, 0.25) is 0 Å². The number of aromatic nitrogens is 1. The lowest BCUT2D eigenvalue weighted by atomic mass is 9.96. The van der Waals surface area contributed by atoms with Crippen LogP contribution in [0, 0.1) is 6.92 Å². The summed E-state index contributed by atoms with van der Waals surface area (Å²) < 4.78 is 16.3. The van der Waals surface area contributed by atoms with Gasteiger partial charge in [0.05, 0.1) is 13.7 Å². The van der Waals surface area contributed by atoms with Crippen LogP contribution in [0.3, 0.4) is 0 Å². The van der Waals surface area contributed by atoms with Crippen LogP contribution in [-0.4, -0.2) is 41.5 Å². The van der Waals surface area contributed by atoms with Crippen LogP contribution in [0.1, 0.15) is 29.3 Å². The molecule has 35 heavy (non-hydrogen) atoms. The van der Waals surface area contributed by atoms with Crippen molar-refractivity contribution in [1.82, 2.24) is 9.88 Å². The minimum absolute atomic E-state index is 0.247. The van der Waals surface area contributed by atoms with Gasteiger partial charge in [0, 0.05) is 40.0 Å². The van der Waals surface area contributed by atoms with E-state index in [1.165, 1.54) is 18.1 Å². The first-order valence-corrected chi connectivity index (χ1v) is 11.6. The van der Waals surface area contributed by atoms with E-state index in [9.17, 15) is 14.4 Å². The first-order chi connectivity index (χ1) is 16.9. The van der Waals surface area contributed by atoms with Crippen LogP contribution in [-0.2, 0) is 33.7 Å². The maximum absolute atomic E-state index is 13.3. The van der Waals surface area contributed by atoms with Crippen molar-refractivity contribution in [2.24, 2.45) is 0 Å². The Morgan fingerprint density at radius 3 is 2.74 bits per heavy atom. The Kier molecular flexibility index (Phi) is 5.80. The molecule has 3 heterocycles. The number of fused-ring (bicyclic) bond motifs is 4. The molecule has 5 rings (SSSR count). The molecule has 0 unspecified atom stereocenters. The van der Waals surface area contributed by atoms with Gasteiger partial charge in [-0.3, -0.25) is 4.79 Å². The predicted octanol–water partition coefficient (Wildman–Crippen LogP) is 3.65. The summed E-state index contributed by atoms with van der Waals surface area (Å²) in [6.07, 6.45) is 1.05. The number of carbonyl (C=O) groups excluding carboxylic acids is 2. The summed E-state index contributed by atoms with van der Waals surface area (Å²) in [6.45, 7) is 3.74. The van der Waals surface area contributed by atoms with Crippen LogP contribution in [0.15, 0.2) is 51.7 Å². The normalized spacial score (nSPS) is 15.3. The molecule has 2 aromatic carbocycles. The number of H-pyrrole nitrogens is 1. The number of para-hydroxylation sites is 1. The van der Waals surface area contributed by atoms with Gasteiger partial charge in [-0.05, 0) is 42.7 Å². The third-order valence-electron chi connectivity index (χ3n) is 6.73. The average molecular weight is 475 g/mol. The van der Waals surface area contributed by atoms with Crippen molar-refractivity contribution in [2.75, 3.05) is 13.7 Å². The van der Waals surface area contributed by atoms with Gasteiger partial charge in [-0.15, -0.1) is 0 Å². The zero-order chi connectivity index (χ0) is 24.7. The number of hydrogen-bond acceptors (Lipinski definition) is 6. The number of methoxy groups -OCH3 is 1. The standard InChI is InChI=1S/C27H26N2O6/c1-4-16-11-25(31)35-26-15(2)23(10-9-17(16)26)34-14-24(30)29-13-21-19(12-22(29)27(32)33-3)18-7-5-6-8-20(18)28-21/h5-11,22,28H,4,12-14H2,1-3H3/t22-/m0/s1. The summed E-state index contributed by atoms with van der Waals surface area (Å²) in [7, 11) is 1.32.